The van der Waals surface area contributed by atoms with Crippen molar-refractivity contribution in [1.29, 1.82) is 0 Å². The van der Waals surface area contributed by atoms with Crippen molar-refractivity contribution < 1.29 is 9.63 Å². The van der Waals surface area contributed by atoms with Crippen LogP contribution in [0.3, 0.4) is 0 Å². The van der Waals surface area contributed by atoms with Crippen LogP contribution in [0, 0.1) is 18.8 Å². The van der Waals surface area contributed by atoms with Crippen LogP contribution in [0.15, 0.2) is 43.1 Å². The zero-order valence-corrected chi connectivity index (χ0v) is 17.3. The Kier molecular flexibility index (Phi) is 5.21. The number of hydrogen-bond donors (Lipinski definition) is 0. The van der Waals surface area contributed by atoms with Gasteiger partial charge in [-0.25, -0.2) is 10.0 Å². The summed E-state index contributed by atoms with van der Waals surface area (Å²) in [4.78, 5) is 31.9. The third-order valence-electron chi connectivity index (χ3n) is 6.40. The normalized spacial score (nSPS) is 24.4. The summed E-state index contributed by atoms with van der Waals surface area (Å²) in [6.45, 7) is 2.57. The minimum Gasteiger partial charge on any atom is -0.307 e. The Hall–Kier alpha value is -2.80. The van der Waals surface area contributed by atoms with Crippen LogP contribution in [0.2, 0.25) is 0 Å². The SMILES string of the molecule is Cc1cn2cc(CC3CCC(C(=O)N4OCC[C@H]4c4cnccn4)CC3)ccc2n1. The lowest BCUT2D eigenvalue weighted by Crippen LogP contribution is -2.37. The first kappa shape index (κ1) is 19.2. The Bertz CT molecular complexity index is 1030. The molecule has 1 aliphatic carbocycles. The first-order chi connectivity index (χ1) is 14.7. The maximum Gasteiger partial charge on any atom is 0.249 e. The van der Waals surface area contributed by atoms with Crippen molar-refractivity contribution in [3.05, 3.63) is 60.1 Å². The molecule has 3 aromatic heterocycles. The maximum atomic E-state index is 13.1. The van der Waals surface area contributed by atoms with Gasteiger partial charge in [0.15, 0.2) is 0 Å². The highest BCUT2D eigenvalue weighted by atomic mass is 16.7. The standard InChI is InChI=1S/C23H27N5O2/c1-16-14-27-15-18(4-7-22(27)26-16)12-17-2-5-19(6-3-17)23(29)28-21(8-11-30-28)20-13-24-9-10-25-20/h4,7,9-10,13-15,17,19,21H,2-3,5-6,8,11-12H2,1H3/t17?,19?,21-/m0/s1. The van der Waals surface area contributed by atoms with Crippen molar-refractivity contribution in [2.24, 2.45) is 11.8 Å². The van der Waals surface area contributed by atoms with Gasteiger partial charge in [0.2, 0.25) is 5.91 Å². The van der Waals surface area contributed by atoms with Gasteiger partial charge in [0.25, 0.3) is 0 Å². The molecule has 1 saturated heterocycles. The quantitative estimate of drug-likeness (QED) is 0.662. The topological polar surface area (TPSA) is 72.6 Å². The average molecular weight is 406 g/mol. The first-order valence-corrected chi connectivity index (χ1v) is 10.8. The molecule has 30 heavy (non-hydrogen) atoms. The van der Waals surface area contributed by atoms with E-state index < -0.39 is 0 Å². The molecular formula is C23H27N5O2. The van der Waals surface area contributed by atoms with Gasteiger partial charge < -0.3 is 4.40 Å². The summed E-state index contributed by atoms with van der Waals surface area (Å²) in [6, 6.07) is 4.16. The molecule has 0 bridgehead atoms. The van der Waals surface area contributed by atoms with Crippen LogP contribution in [-0.4, -0.2) is 36.9 Å². The van der Waals surface area contributed by atoms with Crippen LogP contribution in [0.4, 0.5) is 0 Å². The van der Waals surface area contributed by atoms with Gasteiger partial charge in [0.05, 0.1) is 24.2 Å². The number of hydrogen-bond acceptors (Lipinski definition) is 5. The molecule has 0 unspecified atom stereocenters. The van der Waals surface area contributed by atoms with Crippen molar-refractivity contribution in [1.82, 2.24) is 24.4 Å². The molecule has 1 saturated carbocycles. The number of pyridine rings is 1. The van der Waals surface area contributed by atoms with Crippen molar-refractivity contribution in [3.8, 4) is 0 Å². The Labute approximate surface area is 176 Å². The highest BCUT2D eigenvalue weighted by Gasteiger charge is 2.37. The van der Waals surface area contributed by atoms with Gasteiger partial charge in [0, 0.05) is 37.1 Å². The Balaban J connectivity index is 1.19. The van der Waals surface area contributed by atoms with Crippen molar-refractivity contribution in [2.45, 2.75) is 51.5 Å². The molecule has 0 radical (unpaired) electrons. The Morgan fingerprint density at radius 1 is 1.13 bits per heavy atom. The van der Waals surface area contributed by atoms with Gasteiger partial charge in [-0.1, -0.05) is 6.07 Å². The van der Waals surface area contributed by atoms with Gasteiger partial charge in [0.1, 0.15) is 11.7 Å². The second-order valence-corrected chi connectivity index (χ2v) is 8.54. The smallest absolute Gasteiger partial charge is 0.249 e. The molecule has 2 aliphatic rings. The van der Waals surface area contributed by atoms with Crippen LogP contribution in [0.1, 0.15) is 55.1 Å². The first-order valence-electron chi connectivity index (χ1n) is 10.8. The van der Waals surface area contributed by atoms with E-state index in [4.69, 9.17) is 4.84 Å². The summed E-state index contributed by atoms with van der Waals surface area (Å²) in [7, 11) is 0. The lowest BCUT2D eigenvalue weighted by atomic mass is 9.79. The van der Waals surface area contributed by atoms with Gasteiger partial charge in [-0.15, -0.1) is 0 Å². The predicted molar refractivity (Wildman–Crippen MR) is 111 cm³/mol. The van der Waals surface area contributed by atoms with Gasteiger partial charge in [-0.05, 0) is 56.6 Å². The zero-order valence-electron chi connectivity index (χ0n) is 17.3. The summed E-state index contributed by atoms with van der Waals surface area (Å²) in [5.41, 5.74) is 4.17. The summed E-state index contributed by atoms with van der Waals surface area (Å²) in [5.74, 6) is 0.764. The van der Waals surface area contributed by atoms with Crippen LogP contribution >= 0.6 is 0 Å². The predicted octanol–water partition coefficient (Wildman–Crippen LogP) is 3.69. The molecule has 7 heteroatoms. The number of hydroxylamine groups is 2. The number of aryl methyl sites for hydroxylation is 1. The lowest BCUT2D eigenvalue weighted by Gasteiger charge is -2.31. The molecule has 0 aromatic carbocycles. The average Bonchev–Trinajstić information content (AvgIpc) is 3.40. The van der Waals surface area contributed by atoms with Crippen LogP contribution < -0.4 is 0 Å². The third-order valence-corrected chi connectivity index (χ3v) is 6.40. The molecular weight excluding hydrogens is 378 g/mol. The molecule has 1 amide bonds. The lowest BCUT2D eigenvalue weighted by molar-refractivity contribution is -0.183. The number of imidazole rings is 1. The molecule has 4 heterocycles. The van der Waals surface area contributed by atoms with Gasteiger partial charge >= 0.3 is 0 Å². The number of nitrogens with zero attached hydrogens (tertiary/aromatic N) is 5. The fourth-order valence-corrected chi connectivity index (χ4v) is 4.85. The van der Waals surface area contributed by atoms with Crippen molar-refractivity contribution in [2.75, 3.05) is 6.61 Å². The van der Waals surface area contributed by atoms with Crippen LogP contribution in [0.25, 0.3) is 5.65 Å². The van der Waals surface area contributed by atoms with Gasteiger partial charge in [-0.3, -0.25) is 19.6 Å². The second-order valence-electron chi connectivity index (χ2n) is 8.54. The van der Waals surface area contributed by atoms with E-state index >= 15 is 0 Å². The molecule has 1 atom stereocenters. The third kappa shape index (κ3) is 3.81. The summed E-state index contributed by atoms with van der Waals surface area (Å²) >= 11 is 0. The molecule has 7 nitrogen and oxygen atoms in total. The second kappa shape index (κ2) is 8.14. The van der Waals surface area contributed by atoms with Crippen LogP contribution in [0.5, 0.6) is 0 Å². The van der Waals surface area contributed by atoms with E-state index in [9.17, 15) is 4.79 Å². The van der Waals surface area contributed by atoms with E-state index in [1.54, 1.807) is 23.7 Å². The number of rotatable bonds is 4. The molecule has 1 aliphatic heterocycles. The summed E-state index contributed by atoms with van der Waals surface area (Å²) < 4.78 is 2.11. The van der Waals surface area contributed by atoms with E-state index in [0.717, 1.165) is 55.6 Å². The number of amides is 1. The van der Waals surface area contributed by atoms with E-state index in [0.29, 0.717) is 12.5 Å². The Morgan fingerprint density at radius 2 is 2.00 bits per heavy atom. The number of aromatic nitrogens is 4. The fourth-order valence-electron chi connectivity index (χ4n) is 4.85. The monoisotopic (exact) mass is 405 g/mol. The van der Waals surface area contributed by atoms with Crippen molar-refractivity contribution in [3.63, 3.8) is 0 Å². The van der Waals surface area contributed by atoms with Gasteiger partial charge in [-0.2, -0.15) is 0 Å². The molecule has 2 fully saturated rings. The highest BCUT2D eigenvalue weighted by Crippen LogP contribution is 2.36. The van der Waals surface area contributed by atoms with E-state index in [2.05, 4.69) is 43.9 Å². The number of carbonyl (C=O) groups excluding carboxylic acids is 1. The minimum atomic E-state index is -0.116. The molecule has 156 valence electrons. The zero-order chi connectivity index (χ0) is 20.5. The number of fused-ring (bicyclic) bond motifs is 1. The van der Waals surface area contributed by atoms with Crippen LogP contribution in [-0.2, 0) is 16.1 Å². The van der Waals surface area contributed by atoms with E-state index in [-0.39, 0.29) is 17.9 Å². The molecule has 0 spiro atoms. The summed E-state index contributed by atoms with van der Waals surface area (Å²) in [6.07, 6.45) is 15.1. The largest absolute Gasteiger partial charge is 0.307 e. The fraction of sp³-hybridized carbons (Fsp3) is 0.478. The molecule has 5 rings (SSSR count). The minimum absolute atomic E-state index is 0.0392. The van der Waals surface area contributed by atoms with E-state index in [1.807, 2.05) is 6.92 Å². The summed E-state index contributed by atoms with van der Waals surface area (Å²) in [5, 5.41) is 1.57. The number of carbonyl (C=O) groups is 1. The Morgan fingerprint density at radius 3 is 2.80 bits per heavy atom. The maximum absolute atomic E-state index is 13.1. The van der Waals surface area contributed by atoms with E-state index in [1.165, 1.54) is 5.56 Å². The highest BCUT2D eigenvalue weighted by molar-refractivity contribution is 5.78. The molecule has 0 N–H and O–H groups in total. The van der Waals surface area contributed by atoms with Crippen molar-refractivity contribution >= 4 is 11.6 Å². The molecule has 3 aromatic rings.